The molecule has 0 aliphatic rings. The summed E-state index contributed by atoms with van der Waals surface area (Å²) in [6.45, 7) is 2.69. The van der Waals surface area contributed by atoms with E-state index < -0.39 is 0 Å². The maximum Gasteiger partial charge on any atom is 0.264 e. The van der Waals surface area contributed by atoms with Crippen LogP contribution in [-0.4, -0.2) is 29.5 Å². The third-order valence-electron chi connectivity index (χ3n) is 4.58. The fourth-order valence-corrected chi connectivity index (χ4v) is 3.27. The number of rotatable bonds is 4. The van der Waals surface area contributed by atoms with Gasteiger partial charge in [-0.3, -0.25) is 4.79 Å². The summed E-state index contributed by atoms with van der Waals surface area (Å²) in [6, 6.07) is 17.8. The molecule has 3 aromatic rings. The Morgan fingerprint density at radius 2 is 1.85 bits per heavy atom. The molecule has 0 fully saturated rings. The van der Waals surface area contributed by atoms with E-state index in [9.17, 15) is 10.1 Å². The van der Waals surface area contributed by atoms with E-state index in [4.69, 9.17) is 11.6 Å². The average Bonchev–Trinajstić information content (AvgIpc) is 2.92. The van der Waals surface area contributed by atoms with Gasteiger partial charge in [0.05, 0.1) is 0 Å². The number of halogens is 1. The minimum atomic E-state index is -0.300. The third-order valence-corrected chi connectivity index (χ3v) is 4.83. The smallest absolute Gasteiger partial charge is 0.264 e. The Morgan fingerprint density at radius 3 is 2.48 bits per heavy atom. The second-order valence-corrected chi connectivity index (χ2v) is 7.03. The maximum absolute atomic E-state index is 12.3. The van der Waals surface area contributed by atoms with Crippen molar-refractivity contribution in [2.45, 2.75) is 13.5 Å². The number of amides is 1. The molecule has 0 unspecified atom stereocenters. The predicted molar refractivity (Wildman–Crippen MR) is 110 cm³/mol. The first-order chi connectivity index (χ1) is 12.9. The highest BCUT2D eigenvalue weighted by molar-refractivity contribution is 6.30. The van der Waals surface area contributed by atoms with E-state index in [1.54, 1.807) is 20.2 Å². The van der Waals surface area contributed by atoms with Crippen molar-refractivity contribution in [2.75, 3.05) is 14.1 Å². The predicted octanol–water partition coefficient (Wildman–Crippen LogP) is 4.65. The molecule has 27 heavy (non-hydrogen) atoms. The number of nitriles is 1. The van der Waals surface area contributed by atoms with Crippen molar-refractivity contribution in [1.82, 2.24) is 9.47 Å². The Hall–Kier alpha value is -3.03. The molecule has 0 bridgehead atoms. The lowest BCUT2D eigenvalue weighted by Gasteiger charge is -2.10. The van der Waals surface area contributed by atoms with E-state index in [-0.39, 0.29) is 11.5 Å². The van der Waals surface area contributed by atoms with Gasteiger partial charge < -0.3 is 9.47 Å². The molecule has 0 radical (unpaired) electrons. The number of likely N-dealkylation sites (N-methyl/N-ethyl adjacent to an activating group) is 1. The molecule has 136 valence electrons. The summed E-state index contributed by atoms with van der Waals surface area (Å²) in [4.78, 5) is 13.7. The van der Waals surface area contributed by atoms with E-state index in [0.29, 0.717) is 11.6 Å². The number of carbonyl (C=O) groups is 1. The number of para-hydroxylation sites is 1. The lowest BCUT2D eigenvalue weighted by atomic mass is 10.1. The molecule has 2 aromatic carbocycles. The summed E-state index contributed by atoms with van der Waals surface area (Å²) < 4.78 is 2.19. The summed E-state index contributed by atoms with van der Waals surface area (Å²) in [5.41, 5.74) is 4.21. The van der Waals surface area contributed by atoms with Crippen LogP contribution in [0.3, 0.4) is 0 Å². The molecule has 0 N–H and O–H groups in total. The fourth-order valence-electron chi connectivity index (χ4n) is 3.14. The largest absolute Gasteiger partial charge is 0.344 e. The Morgan fingerprint density at radius 1 is 1.19 bits per heavy atom. The quantitative estimate of drug-likeness (QED) is 0.491. The summed E-state index contributed by atoms with van der Waals surface area (Å²) in [5, 5.41) is 11.2. The van der Waals surface area contributed by atoms with Crippen LogP contribution in [0.1, 0.15) is 16.8 Å². The van der Waals surface area contributed by atoms with Crippen molar-refractivity contribution in [3.63, 3.8) is 0 Å². The number of nitrogens with zero attached hydrogens (tertiary/aromatic N) is 3. The molecular weight excluding hydrogens is 358 g/mol. The van der Waals surface area contributed by atoms with Crippen molar-refractivity contribution in [3.05, 3.63) is 75.9 Å². The standard InChI is InChI=1S/C22H20ClN3O/c1-15-20(12-17(13-24)22(27)25(2)3)19-6-4-5-7-21(19)26(15)14-16-8-10-18(23)11-9-16/h4-12H,14H2,1-3H3/b17-12-. The minimum Gasteiger partial charge on any atom is -0.344 e. The van der Waals surface area contributed by atoms with Gasteiger partial charge in [-0.25, -0.2) is 0 Å². The van der Waals surface area contributed by atoms with Gasteiger partial charge in [-0.2, -0.15) is 5.26 Å². The number of aromatic nitrogens is 1. The SMILES string of the molecule is Cc1c(/C=C(/C#N)C(=O)N(C)C)c2ccccc2n1Cc1ccc(Cl)cc1. The van der Waals surface area contributed by atoms with E-state index in [1.807, 2.05) is 55.5 Å². The Kier molecular flexibility index (Phi) is 5.34. The van der Waals surface area contributed by atoms with Crippen LogP contribution >= 0.6 is 11.6 Å². The molecule has 5 heteroatoms. The number of carbonyl (C=O) groups excluding carboxylic acids is 1. The van der Waals surface area contributed by atoms with Gasteiger partial charge in [-0.15, -0.1) is 0 Å². The molecule has 1 heterocycles. The highest BCUT2D eigenvalue weighted by Crippen LogP contribution is 2.29. The van der Waals surface area contributed by atoms with Crippen molar-refractivity contribution in [2.24, 2.45) is 0 Å². The third kappa shape index (κ3) is 3.74. The summed E-state index contributed by atoms with van der Waals surface area (Å²) in [7, 11) is 3.29. The highest BCUT2D eigenvalue weighted by atomic mass is 35.5. The number of benzene rings is 2. The van der Waals surface area contributed by atoms with Gasteiger partial charge in [-0.1, -0.05) is 41.9 Å². The van der Waals surface area contributed by atoms with E-state index in [1.165, 1.54) is 4.90 Å². The molecule has 0 saturated carbocycles. The van der Waals surface area contributed by atoms with Crippen molar-refractivity contribution in [3.8, 4) is 6.07 Å². The molecule has 0 aliphatic heterocycles. The average molecular weight is 378 g/mol. The Labute approximate surface area is 163 Å². The van der Waals surface area contributed by atoms with Crippen LogP contribution in [-0.2, 0) is 11.3 Å². The van der Waals surface area contributed by atoms with Crippen LogP contribution in [0.25, 0.3) is 17.0 Å². The van der Waals surface area contributed by atoms with Crippen LogP contribution in [0.2, 0.25) is 5.02 Å². The van der Waals surface area contributed by atoms with Crippen molar-refractivity contribution >= 4 is 34.5 Å². The summed E-state index contributed by atoms with van der Waals surface area (Å²) in [6.07, 6.45) is 1.69. The molecule has 4 nitrogen and oxygen atoms in total. The first kappa shape index (κ1) is 18.8. The molecule has 1 aromatic heterocycles. The van der Waals surface area contributed by atoms with Crippen LogP contribution in [0, 0.1) is 18.3 Å². The van der Waals surface area contributed by atoms with Crippen molar-refractivity contribution in [1.29, 1.82) is 5.26 Å². The van der Waals surface area contributed by atoms with Gasteiger partial charge >= 0.3 is 0 Å². The second kappa shape index (κ2) is 7.69. The van der Waals surface area contributed by atoms with E-state index in [2.05, 4.69) is 10.6 Å². The van der Waals surface area contributed by atoms with E-state index >= 15 is 0 Å². The molecule has 0 atom stereocenters. The van der Waals surface area contributed by atoms with Gasteiger partial charge in [0, 0.05) is 47.8 Å². The molecule has 0 saturated heterocycles. The van der Waals surface area contributed by atoms with Gasteiger partial charge in [0.1, 0.15) is 11.6 Å². The van der Waals surface area contributed by atoms with Crippen LogP contribution in [0.15, 0.2) is 54.1 Å². The van der Waals surface area contributed by atoms with E-state index in [0.717, 1.165) is 27.7 Å². The fraction of sp³-hybridized carbons (Fsp3) is 0.182. The van der Waals surface area contributed by atoms with Crippen LogP contribution in [0.4, 0.5) is 0 Å². The first-order valence-electron chi connectivity index (χ1n) is 8.58. The lowest BCUT2D eigenvalue weighted by molar-refractivity contribution is -0.124. The first-order valence-corrected chi connectivity index (χ1v) is 8.96. The minimum absolute atomic E-state index is 0.123. The molecule has 0 spiro atoms. The second-order valence-electron chi connectivity index (χ2n) is 6.60. The van der Waals surface area contributed by atoms with Gasteiger partial charge in [0.2, 0.25) is 0 Å². The monoisotopic (exact) mass is 377 g/mol. The Balaban J connectivity index is 2.15. The van der Waals surface area contributed by atoms with Crippen LogP contribution < -0.4 is 0 Å². The number of hydrogen-bond acceptors (Lipinski definition) is 2. The zero-order chi connectivity index (χ0) is 19.6. The van der Waals surface area contributed by atoms with Gasteiger partial charge in [-0.05, 0) is 36.8 Å². The highest BCUT2D eigenvalue weighted by Gasteiger charge is 2.16. The molecule has 0 aliphatic carbocycles. The Bertz CT molecular complexity index is 1070. The normalized spacial score (nSPS) is 11.4. The van der Waals surface area contributed by atoms with Crippen LogP contribution in [0.5, 0.6) is 0 Å². The topological polar surface area (TPSA) is 49.0 Å². The summed E-state index contributed by atoms with van der Waals surface area (Å²) >= 11 is 5.99. The summed E-state index contributed by atoms with van der Waals surface area (Å²) in [5.74, 6) is -0.300. The molecule has 3 rings (SSSR count). The zero-order valence-electron chi connectivity index (χ0n) is 15.5. The molecular formula is C22H20ClN3O. The van der Waals surface area contributed by atoms with Gasteiger partial charge in [0.15, 0.2) is 0 Å². The lowest BCUT2D eigenvalue weighted by Crippen LogP contribution is -2.22. The number of hydrogen-bond donors (Lipinski definition) is 0. The molecule has 1 amide bonds. The maximum atomic E-state index is 12.3. The van der Waals surface area contributed by atoms with Crippen molar-refractivity contribution < 1.29 is 4.79 Å². The zero-order valence-corrected chi connectivity index (χ0v) is 16.3. The van der Waals surface area contributed by atoms with Gasteiger partial charge in [0.25, 0.3) is 5.91 Å². The number of fused-ring (bicyclic) bond motifs is 1.